The molecule has 0 aliphatic heterocycles. The molecule has 0 heterocycles. The second kappa shape index (κ2) is 2.63. The fourth-order valence-corrected chi connectivity index (χ4v) is 2.07. The van der Waals surface area contributed by atoms with Crippen molar-refractivity contribution in [2.24, 2.45) is 0 Å². The lowest BCUT2D eigenvalue weighted by Crippen LogP contribution is -1.88. The van der Waals surface area contributed by atoms with Gasteiger partial charge in [-0.2, -0.15) is 0 Å². The Morgan fingerprint density at radius 3 is 3.09 bits per heavy atom. The maximum absolute atomic E-state index is 3.52. The van der Waals surface area contributed by atoms with Gasteiger partial charge in [-0.05, 0) is 55.0 Å². The standard InChI is InChI=1S/C10H10Br/c1-7-9-4-2-3-8(9)5-6-10(7)11/h6H,2-4H2,1H3. The Balaban J connectivity index is 2.62. The number of halogens is 1. The van der Waals surface area contributed by atoms with Crippen molar-refractivity contribution < 1.29 is 0 Å². The summed E-state index contributed by atoms with van der Waals surface area (Å²) in [6, 6.07) is 5.35. The Bertz CT molecular complexity index is 289. The first-order chi connectivity index (χ1) is 5.29. The van der Waals surface area contributed by atoms with Crippen LogP contribution in [-0.4, -0.2) is 0 Å². The van der Waals surface area contributed by atoms with Crippen LogP contribution in [0.2, 0.25) is 0 Å². The van der Waals surface area contributed by atoms with Crippen LogP contribution in [0.4, 0.5) is 0 Å². The molecule has 0 nitrogen and oxygen atoms in total. The van der Waals surface area contributed by atoms with Crippen molar-refractivity contribution in [1.29, 1.82) is 0 Å². The third kappa shape index (κ3) is 1.12. The predicted octanol–water partition coefficient (Wildman–Crippen LogP) is 3.05. The molecule has 1 aliphatic rings. The van der Waals surface area contributed by atoms with Gasteiger partial charge in [-0.3, -0.25) is 0 Å². The van der Waals surface area contributed by atoms with Gasteiger partial charge in [0, 0.05) is 4.47 Å². The normalized spacial score (nSPS) is 15.1. The van der Waals surface area contributed by atoms with Crippen molar-refractivity contribution in [3.05, 3.63) is 33.3 Å². The maximum Gasteiger partial charge on any atom is 0.0213 e. The molecular formula is C10H10Br. The molecule has 0 amide bonds. The number of benzene rings is 1. The van der Waals surface area contributed by atoms with Gasteiger partial charge in [-0.1, -0.05) is 15.9 Å². The average molecular weight is 210 g/mol. The monoisotopic (exact) mass is 209 g/mol. The van der Waals surface area contributed by atoms with E-state index in [1.165, 1.54) is 40.4 Å². The SMILES string of the molecule is Cc1c(Br)c[c]c2c1CCC2. The highest BCUT2D eigenvalue weighted by Crippen LogP contribution is 2.29. The largest absolute Gasteiger partial charge is 0.0505 e. The Morgan fingerprint density at radius 2 is 2.27 bits per heavy atom. The van der Waals surface area contributed by atoms with Crippen LogP contribution >= 0.6 is 15.9 Å². The maximum atomic E-state index is 3.52. The van der Waals surface area contributed by atoms with Gasteiger partial charge >= 0.3 is 0 Å². The Kier molecular flexibility index (Phi) is 1.76. The van der Waals surface area contributed by atoms with Gasteiger partial charge in [0.15, 0.2) is 0 Å². The zero-order valence-electron chi connectivity index (χ0n) is 6.58. The van der Waals surface area contributed by atoms with Crippen molar-refractivity contribution in [2.75, 3.05) is 0 Å². The highest BCUT2D eigenvalue weighted by atomic mass is 79.9. The average Bonchev–Trinajstić information content (AvgIpc) is 2.45. The lowest BCUT2D eigenvalue weighted by atomic mass is 10.1. The Hall–Kier alpha value is -0.300. The van der Waals surface area contributed by atoms with E-state index in [4.69, 9.17) is 0 Å². The van der Waals surface area contributed by atoms with E-state index in [0.29, 0.717) is 0 Å². The first kappa shape index (κ1) is 7.35. The molecule has 1 aromatic rings. The fraction of sp³-hybridized carbons (Fsp3) is 0.400. The van der Waals surface area contributed by atoms with Crippen LogP contribution in [0.1, 0.15) is 23.1 Å². The van der Waals surface area contributed by atoms with E-state index in [-0.39, 0.29) is 0 Å². The van der Waals surface area contributed by atoms with E-state index in [0.717, 1.165) is 0 Å². The zero-order valence-corrected chi connectivity index (χ0v) is 8.16. The zero-order chi connectivity index (χ0) is 7.84. The fourth-order valence-electron chi connectivity index (χ4n) is 1.72. The molecule has 0 saturated heterocycles. The molecule has 0 N–H and O–H groups in total. The highest BCUT2D eigenvalue weighted by Gasteiger charge is 2.13. The summed E-state index contributed by atoms with van der Waals surface area (Å²) in [7, 11) is 0. The molecule has 0 unspecified atom stereocenters. The summed E-state index contributed by atoms with van der Waals surface area (Å²) in [6.07, 6.45) is 3.78. The smallest absolute Gasteiger partial charge is 0.0213 e. The van der Waals surface area contributed by atoms with E-state index in [2.05, 4.69) is 28.9 Å². The van der Waals surface area contributed by atoms with Crippen LogP contribution in [0.3, 0.4) is 0 Å². The van der Waals surface area contributed by atoms with Gasteiger partial charge in [0.2, 0.25) is 0 Å². The van der Waals surface area contributed by atoms with E-state index in [9.17, 15) is 0 Å². The van der Waals surface area contributed by atoms with Crippen LogP contribution in [0.25, 0.3) is 0 Å². The third-order valence-electron chi connectivity index (χ3n) is 2.40. The van der Waals surface area contributed by atoms with Crippen molar-refractivity contribution >= 4 is 15.9 Å². The van der Waals surface area contributed by atoms with Gasteiger partial charge < -0.3 is 0 Å². The van der Waals surface area contributed by atoms with E-state index in [1.54, 1.807) is 0 Å². The summed E-state index contributed by atoms with van der Waals surface area (Å²) in [5, 5.41) is 0. The summed E-state index contributed by atoms with van der Waals surface area (Å²) in [5.74, 6) is 0. The summed E-state index contributed by atoms with van der Waals surface area (Å²) in [4.78, 5) is 0. The van der Waals surface area contributed by atoms with Crippen molar-refractivity contribution in [1.82, 2.24) is 0 Å². The van der Waals surface area contributed by atoms with Gasteiger partial charge in [-0.25, -0.2) is 0 Å². The topological polar surface area (TPSA) is 0 Å². The first-order valence-corrected chi connectivity index (χ1v) is 4.77. The molecule has 1 aromatic carbocycles. The summed E-state index contributed by atoms with van der Waals surface area (Å²) >= 11 is 3.52. The molecule has 1 radical (unpaired) electrons. The van der Waals surface area contributed by atoms with Crippen LogP contribution in [0, 0.1) is 13.0 Å². The molecule has 2 rings (SSSR count). The van der Waals surface area contributed by atoms with Crippen LogP contribution < -0.4 is 0 Å². The van der Waals surface area contributed by atoms with Crippen LogP contribution in [-0.2, 0) is 12.8 Å². The van der Waals surface area contributed by atoms with Crippen molar-refractivity contribution in [3.8, 4) is 0 Å². The molecule has 0 aromatic heterocycles. The summed E-state index contributed by atoms with van der Waals surface area (Å²) in [6.45, 7) is 2.18. The molecule has 0 saturated carbocycles. The Labute approximate surface area is 75.8 Å². The summed E-state index contributed by atoms with van der Waals surface area (Å²) < 4.78 is 1.21. The van der Waals surface area contributed by atoms with E-state index >= 15 is 0 Å². The molecule has 0 fully saturated rings. The van der Waals surface area contributed by atoms with Gasteiger partial charge in [0.1, 0.15) is 0 Å². The van der Waals surface area contributed by atoms with Gasteiger partial charge in [-0.15, -0.1) is 0 Å². The minimum Gasteiger partial charge on any atom is -0.0505 e. The minimum absolute atomic E-state index is 1.21. The molecule has 0 spiro atoms. The second-order valence-electron chi connectivity index (χ2n) is 3.07. The molecule has 0 atom stereocenters. The molecule has 1 heteroatoms. The molecule has 0 bridgehead atoms. The molecule has 11 heavy (non-hydrogen) atoms. The number of hydrogen-bond acceptors (Lipinski definition) is 0. The van der Waals surface area contributed by atoms with Gasteiger partial charge in [0.25, 0.3) is 0 Å². The van der Waals surface area contributed by atoms with Crippen LogP contribution in [0.5, 0.6) is 0 Å². The number of rotatable bonds is 0. The van der Waals surface area contributed by atoms with Gasteiger partial charge in [0.05, 0.1) is 0 Å². The molecular weight excluding hydrogens is 200 g/mol. The van der Waals surface area contributed by atoms with Crippen molar-refractivity contribution in [2.45, 2.75) is 26.2 Å². The minimum atomic E-state index is 1.21. The van der Waals surface area contributed by atoms with E-state index < -0.39 is 0 Å². The molecule has 57 valence electrons. The Morgan fingerprint density at radius 1 is 1.45 bits per heavy atom. The third-order valence-corrected chi connectivity index (χ3v) is 3.23. The lowest BCUT2D eigenvalue weighted by Gasteiger charge is -2.04. The lowest BCUT2D eigenvalue weighted by molar-refractivity contribution is 0.909. The predicted molar refractivity (Wildman–Crippen MR) is 49.7 cm³/mol. The highest BCUT2D eigenvalue weighted by molar-refractivity contribution is 9.10. The number of hydrogen-bond donors (Lipinski definition) is 0. The van der Waals surface area contributed by atoms with E-state index in [1.807, 2.05) is 6.07 Å². The quantitative estimate of drug-likeness (QED) is 0.617. The number of aryl methyl sites for hydroxylation is 1. The number of fused-ring (bicyclic) bond motifs is 1. The van der Waals surface area contributed by atoms with Crippen molar-refractivity contribution in [3.63, 3.8) is 0 Å². The summed E-state index contributed by atoms with van der Waals surface area (Å²) in [5.41, 5.74) is 4.38. The first-order valence-electron chi connectivity index (χ1n) is 3.97. The van der Waals surface area contributed by atoms with Crippen LogP contribution in [0.15, 0.2) is 10.5 Å². The molecule has 1 aliphatic carbocycles. The second-order valence-corrected chi connectivity index (χ2v) is 3.93.